The van der Waals surface area contributed by atoms with Crippen LogP contribution >= 0.6 is 18.2 Å². The van der Waals surface area contributed by atoms with Crippen LogP contribution in [0.25, 0.3) is 22.3 Å². The first-order valence-corrected chi connectivity index (χ1v) is 19.7. The molecule has 4 aromatic rings. The van der Waals surface area contributed by atoms with Crippen LogP contribution in [-0.2, 0) is 42.0 Å². The van der Waals surface area contributed by atoms with Crippen LogP contribution in [0.2, 0.25) is 0 Å². The van der Waals surface area contributed by atoms with Crippen molar-refractivity contribution >= 4 is 58.3 Å². The van der Waals surface area contributed by atoms with Crippen LogP contribution < -0.4 is 11.5 Å². The lowest BCUT2D eigenvalue weighted by atomic mass is 10.1. The molecule has 4 aromatic heterocycles. The Bertz CT molecular complexity index is 1890. The molecule has 0 aliphatic carbocycles. The predicted octanol–water partition coefficient (Wildman–Crippen LogP) is 1.55. The van der Waals surface area contributed by atoms with Crippen molar-refractivity contribution in [1.29, 1.82) is 0 Å². The number of hydrogen-bond donors (Lipinski definition) is 4. The topological polar surface area (TPSA) is 288 Å². The Morgan fingerprint density at radius 1 is 0.962 bits per heavy atom. The van der Waals surface area contributed by atoms with Crippen LogP contribution in [0.1, 0.15) is 38.6 Å². The standard InChI is InChI=1S/C29H41N10O12PS/c1-3-4-5-45-6-7-46-29(42)47-15-53-52(43,48-10-18-16(41)8-19(49-18)38-13-36-20-24(30)32-11-34-26(20)38)51-22-17(9-40)50-28(23(22)44-2)39-14-37-21-25(31)33-12-35-27(21)39/h11-14,16-19,22-23,28,40-41H,3-10,15H2,1-2H3,(H2,30,32,34)(H2,31,33,35)/t16-,17+,18+,19+,22+,23+,28+,52?/m0/s1. The first kappa shape index (κ1) is 38.9. The molecule has 8 atom stereocenters. The highest BCUT2D eigenvalue weighted by molar-refractivity contribution is 8.55. The van der Waals surface area contributed by atoms with E-state index < -0.39 is 75.1 Å². The minimum atomic E-state index is -4.36. The molecule has 22 nitrogen and oxygen atoms in total. The summed E-state index contributed by atoms with van der Waals surface area (Å²) < 4.78 is 63.1. The number of anilines is 2. The summed E-state index contributed by atoms with van der Waals surface area (Å²) in [5.41, 5.74) is 13.3. The molecular formula is C29H41N10O12PS. The number of rotatable bonds is 18. The highest BCUT2D eigenvalue weighted by atomic mass is 32.7. The number of imidazole rings is 2. The number of methoxy groups -OCH3 is 1. The summed E-state index contributed by atoms with van der Waals surface area (Å²) in [5.74, 6) is -0.200. The summed E-state index contributed by atoms with van der Waals surface area (Å²) in [6.07, 6.45) is -0.699. The average Bonchev–Trinajstić information content (AvgIpc) is 3.93. The summed E-state index contributed by atoms with van der Waals surface area (Å²) >= 11 is 0.529. The van der Waals surface area contributed by atoms with Gasteiger partial charge in [0, 0.05) is 31.5 Å². The number of fused-ring (bicyclic) bond motifs is 2. The third kappa shape index (κ3) is 8.80. The van der Waals surface area contributed by atoms with Crippen molar-refractivity contribution in [3.8, 4) is 0 Å². The maximum Gasteiger partial charge on any atom is 0.509 e. The second-order valence-electron chi connectivity index (χ2n) is 11.8. The maximum absolute atomic E-state index is 14.5. The Kier molecular flexibility index (Phi) is 12.9. The lowest BCUT2D eigenvalue weighted by Crippen LogP contribution is -2.37. The molecule has 2 aliphatic rings. The van der Waals surface area contributed by atoms with Crippen molar-refractivity contribution in [2.75, 3.05) is 57.6 Å². The van der Waals surface area contributed by atoms with Crippen molar-refractivity contribution in [2.24, 2.45) is 0 Å². The Labute approximate surface area is 306 Å². The van der Waals surface area contributed by atoms with Gasteiger partial charge in [0.2, 0.25) is 0 Å². The Balaban J connectivity index is 1.16. The Hall–Kier alpha value is -3.77. The van der Waals surface area contributed by atoms with E-state index in [9.17, 15) is 19.6 Å². The molecule has 0 spiro atoms. The largest absolute Gasteiger partial charge is 0.509 e. The number of nitrogen functional groups attached to an aromatic ring is 2. The van der Waals surface area contributed by atoms with Gasteiger partial charge in [0.15, 0.2) is 35.1 Å². The molecule has 2 aliphatic heterocycles. The molecule has 0 amide bonds. The fourth-order valence-electron chi connectivity index (χ4n) is 5.75. The van der Waals surface area contributed by atoms with E-state index in [-0.39, 0.29) is 31.3 Å². The average molecular weight is 785 g/mol. The van der Waals surface area contributed by atoms with Gasteiger partial charge in [0.05, 0.1) is 38.6 Å². The van der Waals surface area contributed by atoms with Gasteiger partial charge in [-0.15, -0.1) is 0 Å². The molecule has 0 bridgehead atoms. The zero-order valence-electron chi connectivity index (χ0n) is 28.8. The van der Waals surface area contributed by atoms with Crippen LogP contribution in [-0.4, -0.2) is 132 Å². The van der Waals surface area contributed by atoms with Gasteiger partial charge < -0.3 is 50.1 Å². The summed E-state index contributed by atoms with van der Waals surface area (Å²) in [6.45, 7) is -2.66. The number of ether oxygens (including phenoxy) is 6. The lowest BCUT2D eigenvalue weighted by Gasteiger charge is -2.27. The van der Waals surface area contributed by atoms with E-state index in [1.807, 2.05) is 6.92 Å². The zero-order chi connectivity index (χ0) is 37.5. The van der Waals surface area contributed by atoms with Crippen LogP contribution in [0.3, 0.4) is 0 Å². The number of nitrogens with zero attached hydrogens (tertiary/aromatic N) is 8. The molecular weight excluding hydrogens is 743 g/mol. The number of aliphatic hydroxyl groups is 2. The number of carbonyl (C=O) groups excluding carboxylic acids is 1. The van der Waals surface area contributed by atoms with Gasteiger partial charge in [-0.25, -0.2) is 39.3 Å². The minimum absolute atomic E-state index is 0.0468. The highest BCUT2D eigenvalue weighted by Gasteiger charge is 2.51. The lowest BCUT2D eigenvalue weighted by molar-refractivity contribution is -0.0583. The number of unbranched alkanes of at least 4 members (excludes halogenated alkanes) is 1. The van der Waals surface area contributed by atoms with Crippen LogP contribution in [0.5, 0.6) is 0 Å². The second-order valence-corrected chi connectivity index (χ2v) is 15.8. The molecule has 6 heterocycles. The normalized spacial score (nSPS) is 25.6. The molecule has 0 aromatic carbocycles. The molecule has 24 heteroatoms. The highest BCUT2D eigenvalue weighted by Crippen LogP contribution is 2.63. The maximum atomic E-state index is 14.5. The third-order valence-corrected chi connectivity index (χ3v) is 11.8. The molecule has 6 N–H and O–H groups in total. The van der Waals surface area contributed by atoms with Crippen molar-refractivity contribution in [1.82, 2.24) is 39.0 Å². The monoisotopic (exact) mass is 784 g/mol. The Morgan fingerprint density at radius 2 is 1.66 bits per heavy atom. The van der Waals surface area contributed by atoms with Crippen molar-refractivity contribution in [2.45, 2.75) is 69.2 Å². The van der Waals surface area contributed by atoms with Gasteiger partial charge in [-0.1, -0.05) is 13.3 Å². The quantitative estimate of drug-likeness (QED) is 0.0482. The van der Waals surface area contributed by atoms with Gasteiger partial charge in [-0.3, -0.25) is 18.2 Å². The molecule has 2 saturated heterocycles. The number of nitrogens with two attached hydrogens (primary N) is 2. The fourth-order valence-corrected chi connectivity index (χ4v) is 8.54. The molecule has 6 rings (SSSR count). The van der Waals surface area contributed by atoms with Crippen LogP contribution in [0.15, 0.2) is 25.3 Å². The molecule has 2 fully saturated rings. The van der Waals surface area contributed by atoms with Crippen LogP contribution in [0.4, 0.5) is 16.4 Å². The van der Waals surface area contributed by atoms with E-state index >= 15 is 0 Å². The summed E-state index contributed by atoms with van der Waals surface area (Å²) in [5, 5.41) is 21.3. The van der Waals surface area contributed by atoms with E-state index in [0.29, 0.717) is 40.3 Å². The van der Waals surface area contributed by atoms with Gasteiger partial charge in [0.25, 0.3) is 0 Å². The zero-order valence-corrected chi connectivity index (χ0v) is 30.5. The number of aromatic nitrogens is 8. The van der Waals surface area contributed by atoms with E-state index in [2.05, 4.69) is 29.9 Å². The van der Waals surface area contributed by atoms with Crippen molar-refractivity contribution < 1.29 is 57.0 Å². The summed E-state index contributed by atoms with van der Waals surface area (Å²) in [4.78, 5) is 37.2. The number of aliphatic hydroxyl groups excluding tert-OH is 2. The Morgan fingerprint density at radius 3 is 2.34 bits per heavy atom. The SMILES string of the molecule is CCCCOCCOC(=O)OCSP(=O)(OC[C@H]1O[C@@H](n2cnc3c(N)ncnc32)C[C@@H]1O)O[C@H]1[C@@H](OC)[C@H](n2cnc3c(N)ncnc32)O[C@@H]1CO. The van der Waals surface area contributed by atoms with E-state index in [0.717, 1.165) is 12.8 Å². The number of hydrogen-bond acceptors (Lipinski definition) is 21. The number of carbonyl (C=O) groups is 1. The van der Waals surface area contributed by atoms with E-state index in [4.69, 9.17) is 48.9 Å². The molecule has 53 heavy (non-hydrogen) atoms. The van der Waals surface area contributed by atoms with Crippen molar-refractivity contribution in [3.63, 3.8) is 0 Å². The van der Waals surface area contributed by atoms with E-state index in [1.165, 1.54) is 37.0 Å². The minimum Gasteiger partial charge on any atom is -0.432 e. The van der Waals surface area contributed by atoms with Gasteiger partial charge in [-0.2, -0.15) is 0 Å². The summed E-state index contributed by atoms with van der Waals surface area (Å²) in [6, 6.07) is 0. The van der Waals surface area contributed by atoms with Gasteiger partial charge >= 0.3 is 13.0 Å². The predicted molar refractivity (Wildman–Crippen MR) is 185 cm³/mol. The van der Waals surface area contributed by atoms with Crippen LogP contribution in [0, 0.1) is 0 Å². The summed E-state index contributed by atoms with van der Waals surface area (Å²) in [7, 11) is 1.38. The fraction of sp³-hybridized carbons (Fsp3) is 0.621. The van der Waals surface area contributed by atoms with Gasteiger partial charge in [0.1, 0.15) is 60.9 Å². The smallest absolute Gasteiger partial charge is 0.432 e. The molecule has 1 unspecified atom stereocenters. The second kappa shape index (κ2) is 17.6. The molecule has 0 saturated carbocycles. The van der Waals surface area contributed by atoms with E-state index in [1.54, 1.807) is 4.57 Å². The van der Waals surface area contributed by atoms with Gasteiger partial charge in [-0.05, 0) is 6.42 Å². The molecule has 290 valence electrons. The first-order valence-electron chi connectivity index (χ1n) is 16.6. The molecule has 0 radical (unpaired) electrons. The van der Waals surface area contributed by atoms with Crippen molar-refractivity contribution in [3.05, 3.63) is 25.3 Å². The first-order chi connectivity index (χ1) is 25.7. The third-order valence-electron chi connectivity index (χ3n) is 8.43.